The van der Waals surface area contributed by atoms with Crippen LogP contribution in [0.5, 0.6) is 0 Å². The van der Waals surface area contributed by atoms with Crippen molar-refractivity contribution < 1.29 is 21.5 Å². The van der Waals surface area contributed by atoms with Crippen LogP contribution in [0.3, 0.4) is 0 Å². The minimum Gasteiger partial charge on any atom is -0.456 e. The standard InChI is InChI=1S/C21H19NO2SSi.C21H19NOSSi.2C21H19NOSi.2C21H19NSSi/c1-26(2,3)22-18-10-6-4-8-14(18)16-13-21-17(12-19(16)22)15-9-5-7-11-20(15)25(21,23)24;1-25(2,3)22-18-10-6-4-8-14(18)16-13-21-17(12-19(16)22)15-9-5-7-11-20(15)24(21)23;1-24(2,3)22-18-10-6-4-8-14(18)16-13-21-17(12-19(16)22)15-9-5-7-11-20(15)23-21;1-24(2,3)22-18-10-6-4-8-14(18)16-12-13-17-15-9-5-7-11-19(15)23-21(17)20(16)22;1-24(2,3)22-18-10-6-4-8-14(18)16-13-21-17(12-19(16)22)15-9-5-7-11-20(15)23-21;1-24(2,3)22-18-10-6-4-8-14(18)16-12-13-17-15-9-5-7-11-19(15)23-21(17)20(16)22/h4-13H,1-3H3;4-13H,1-3H3;4*4-13H,1-3H3. The molecule has 1 atom stereocenters. The molecule has 2 aliphatic rings. The first-order valence-electron chi connectivity index (χ1n) is 50.8. The Kier molecular flexibility index (Phi) is 22.0. The van der Waals surface area contributed by atoms with E-state index in [4.69, 9.17) is 8.83 Å². The van der Waals surface area contributed by atoms with Crippen LogP contribution in [0.25, 0.3) is 237 Å². The Hall–Kier alpha value is -13.8. The Morgan fingerprint density at radius 1 is 0.218 bits per heavy atom. The van der Waals surface area contributed by atoms with Crippen molar-refractivity contribution in [2.24, 2.45) is 0 Å². The molecule has 12 heterocycles. The lowest BCUT2D eigenvalue weighted by molar-refractivity contribution is 0.598. The average molecular weight is 2090 g/mol. The topological polar surface area (TPSA) is 107 Å². The molecule has 11 nitrogen and oxygen atoms in total. The van der Waals surface area contributed by atoms with Gasteiger partial charge in [-0.1, -0.05) is 354 Å². The monoisotopic (exact) mass is 2090 g/mol. The number of rotatable bonds is 6. The van der Waals surface area contributed by atoms with Gasteiger partial charge in [0.25, 0.3) is 0 Å². The summed E-state index contributed by atoms with van der Waals surface area (Å²) >= 11 is 3.84. The van der Waals surface area contributed by atoms with Gasteiger partial charge in [0, 0.05) is 194 Å². The molecule has 10 aromatic heterocycles. The Labute approximate surface area is 870 Å². The van der Waals surface area contributed by atoms with Gasteiger partial charge in [-0.05, 0) is 133 Å². The summed E-state index contributed by atoms with van der Waals surface area (Å²) < 4.78 is 72.6. The normalized spacial score (nSPS) is 13.9. The molecule has 0 fully saturated rings. The van der Waals surface area contributed by atoms with E-state index in [9.17, 15) is 12.6 Å². The molecule has 30 rings (SSSR count). The lowest BCUT2D eigenvalue weighted by Crippen LogP contribution is -2.31. The number of fused-ring (bicyclic) bond motifs is 38. The molecular formula is C126H114N6O5S4Si6. The van der Waals surface area contributed by atoms with Gasteiger partial charge in [0.05, 0.1) is 46.1 Å². The summed E-state index contributed by atoms with van der Waals surface area (Å²) in [5.74, 6) is 0. The van der Waals surface area contributed by atoms with Crippen molar-refractivity contribution in [3.63, 3.8) is 0 Å². The van der Waals surface area contributed by atoms with Crippen LogP contribution in [0.1, 0.15) is 0 Å². The zero-order chi connectivity index (χ0) is 102. The highest BCUT2D eigenvalue weighted by atomic mass is 32.2. The van der Waals surface area contributed by atoms with Crippen LogP contribution in [-0.4, -0.2) is 87.4 Å². The van der Waals surface area contributed by atoms with Gasteiger partial charge >= 0.3 is 0 Å². The van der Waals surface area contributed by atoms with E-state index >= 15 is 0 Å². The number of hydrogen-bond donors (Lipinski definition) is 0. The summed E-state index contributed by atoms with van der Waals surface area (Å²) in [5.41, 5.74) is 23.5. The van der Waals surface area contributed by atoms with Crippen molar-refractivity contribution in [1.82, 2.24) is 25.4 Å². The van der Waals surface area contributed by atoms with Gasteiger partial charge < -0.3 is 34.2 Å². The van der Waals surface area contributed by atoms with Crippen LogP contribution in [0.15, 0.2) is 392 Å². The van der Waals surface area contributed by atoms with E-state index < -0.39 is 70.0 Å². The lowest BCUT2D eigenvalue weighted by Gasteiger charge is -2.22. The second-order valence-corrected chi connectivity index (χ2v) is 79.6. The number of nitrogens with zero attached hydrogens (tertiary/aromatic N) is 6. The molecule has 28 aromatic rings. The van der Waals surface area contributed by atoms with Gasteiger partial charge in [0.1, 0.15) is 16.7 Å². The second kappa shape index (κ2) is 34.4. The minimum absolute atomic E-state index is 0.423. The summed E-state index contributed by atoms with van der Waals surface area (Å²) in [5, 5.41) is 25.8. The zero-order valence-corrected chi connectivity index (χ0v) is 95.3. The van der Waals surface area contributed by atoms with E-state index in [1.54, 1.807) is 12.1 Å². The first kappa shape index (κ1) is 94.2. The smallest absolute Gasteiger partial charge is 0.207 e. The fourth-order valence-corrected chi connectivity index (χ4v) is 40.4. The number of para-hydroxylation sites is 8. The molecule has 0 saturated heterocycles. The average Bonchev–Trinajstić information content (AvgIpc) is 1.27. The molecule has 0 N–H and O–H groups in total. The highest BCUT2D eigenvalue weighted by molar-refractivity contribution is 7.92. The third-order valence-corrected chi connectivity index (χ3v) is 46.2. The first-order valence-corrected chi connectivity index (χ1v) is 75.8. The molecular weight excluding hydrogens is 1970 g/mol. The maximum absolute atomic E-state index is 13.1. The molecule has 18 aromatic carbocycles. The Morgan fingerprint density at radius 3 is 1.07 bits per heavy atom. The Bertz CT molecular complexity index is 10100. The quantitative estimate of drug-likeness (QED) is 0.154. The van der Waals surface area contributed by atoms with Crippen LogP contribution in [-0.2, 0) is 20.6 Å². The summed E-state index contributed by atoms with van der Waals surface area (Å²) in [6, 6.07) is 129. The highest BCUT2D eigenvalue weighted by Crippen LogP contribution is 2.52. The third kappa shape index (κ3) is 15.2. The zero-order valence-electron chi connectivity index (χ0n) is 86.0. The van der Waals surface area contributed by atoms with Crippen molar-refractivity contribution in [1.29, 1.82) is 0 Å². The van der Waals surface area contributed by atoms with Crippen LogP contribution < -0.4 is 0 Å². The Morgan fingerprint density at radius 2 is 0.565 bits per heavy atom. The molecule has 0 saturated carbocycles. The van der Waals surface area contributed by atoms with E-state index in [1.807, 2.05) is 83.3 Å². The van der Waals surface area contributed by atoms with E-state index in [1.165, 1.54) is 176 Å². The maximum atomic E-state index is 13.1. The minimum atomic E-state index is -3.45. The molecule has 0 bridgehead atoms. The van der Waals surface area contributed by atoms with Crippen LogP contribution in [0.2, 0.25) is 118 Å². The number of benzene rings is 18. The van der Waals surface area contributed by atoms with Crippen LogP contribution >= 0.6 is 22.7 Å². The number of thiophene rings is 2. The highest BCUT2D eigenvalue weighted by Gasteiger charge is 2.38. The molecule has 21 heteroatoms. The number of hydrogen-bond acceptors (Lipinski definition) is 7. The maximum Gasteiger partial charge on any atom is 0.207 e. The van der Waals surface area contributed by atoms with Crippen molar-refractivity contribution in [2.75, 3.05) is 0 Å². The van der Waals surface area contributed by atoms with Gasteiger partial charge in [-0.15, -0.1) is 22.7 Å². The SMILES string of the molecule is C[Si](C)(C)n1c2ccccc2c2cc3c(cc21)-c1ccccc1S3(=O)=O.C[Si](C)(C)n1c2ccccc2c2cc3c(cc21)-c1ccccc1S3=O.C[Si](C)(C)n1c2ccccc2c2cc3oc4ccccc4c3cc21.C[Si](C)(C)n1c2ccccc2c2cc3sc4ccccc4c3cc21.C[Si](C)(C)n1c2ccccc2c2ccc3c4ccccc4oc3c21.C[Si](C)(C)n1c2ccccc2c2ccc3c4ccccc4sc3c21. The number of furan rings is 2. The van der Waals surface area contributed by atoms with Crippen molar-refractivity contribution in [2.45, 2.75) is 137 Å². The van der Waals surface area contributed by atoms with Gasteiger partial charge in [0.2, 0.25) is 9.84 Å². The fourth-order valence-electron chi connectivity index (χ4n) is 23.9. The van der Waals surface area contributed by atoms with Gasteiger partial charge in [-0.3, -0.25) is 0 Å². The summed E-state index contributed by atoms with van der Waals surface area (Å²) in [7, 11) is -14.1. The largest absolute Gasteiger partial charge is 0.456 e. The van der Waals surface area contributed by atoms with E-state index in [0.717, 1.165) is 70.7 Å². The van der Waals surface area contributed by atoms with E-state index in [0.29, 0.717) is 9.79 Å². The summed E-state index contributed by atoms with van der Waals surface area (Å²) in [6.45, 7) is 43.0. The number of aromatic nitrogens is 6. The van der Waals surface area contributed by atoms with Crippen LogP contribution in [0.4, 0.5) is 0 Å². The summed E-state index contributed by atoms with van der Waals surface area (Å²) in [4.78, 5) is 2.75. The van der Waals surface area contributed by atoms with Crippen molar-refractivity contribution in [3.8, 4) is 22.3 Å². The Balaban J connectivity index is 0.0000000918. The predicted octanol–water partition coefficient (Wildman–Crippen LogP) is 37.4. The van der Waals surface area contributed by atoms with Crippen molar-refractivity contribution in [3.05, 3.63) is 364 Å². The molecule has 0 aliphatic carbocycles. The molecule has 0 amide bonds. The number of sulfone groups is 1. The summed E-state index contributed by atoms with van der Waals surface area (Å²) in [6.07, 6.45) is 0. The van der Waals surface area contributed by atoms with Crippen LogP contribution in [0, 0.1) is 0 Å². The molecule has 2 aliphatic heterocycles. The lowest BCUT2D eigenvalue weighted by atomic mass is 10.0. The van der Waals surface area contributed by atoms with Gasteiger partial charge in [0.15, 0.2) is 55.0 Å². The molecule has 0 spiro atoms. The molecule has 0 radical (unpaired) electrons. The molecule has 147 heavy (non-hydrogen) atoms. The van der Waals surface area contributed by atoms with Crippen molar-refractivity contribution >= 4 is 308 Å². The van der Waals surface area contributed by atoms with Gasteiger partial charge in [-0.2, -0.15) is 0 Å². The molecule has 1 unspecified atom stereocenters. The first-order chi connectivity index (χ1) is 70.4. The van der Waals surface area contributed by atoms with Gasteiger partial charge in [-0.25, -0.2) is 12.6 Å². The second-order valence-electron chi connectivity index (χ2n) is 45.4. The van der Waals surface area contributed by atoms with E-state index in [-0.39, 0.29) is 0 Å². The van der Waals surface area contributed by atoms with E-state index in [2.05, 4.69) is 434 Å². The third-order valence-electron chi connectivity index (χ3n) is 29.6. The molecule has 726 valence electrons. The fraction of sp³-hybridized carbons (Fsp3) is 0.143. The predicted molar refractivity (Wildman–Crippen MR) is 650 cm³/mol.